The minimum Gasteiger partial charge on any atom is -0.494 e. The smallest absolute Gasteiger partial charge is 0.119 e. The first-order chi connectivity index (χ1) is 11.7. The predicted octanol–water partition coefficient (Wildman–Crippen LogP) is 5.44. The van der Waals surface area contributed by atoms with Crippen molar-refractivity contribution in [2.75, 3.05) is 18.5 Å². The van der Waals surface area contributed by atoms with Gasteiger partial charge in [0.25, 0.3) is 0 Å². The Balaban J connectivity index is 1.80. The van der Waals surface area contributed by atoms with Crippen molar-refractivity contribution < 1.29 is 9.47 Å². The number of anilines is 1. The van der Waals surface area contributed by atoms with Crippen LogP contribution in [-0.2, 0) is 0 Å². The molecule has 130 valence electrons. The van der Waals surface area contributed by atoms with Crippen LogP contribution in [0.5, 0.6) is 11.5 Å². The van der Waals surface area contributed by atoms with Gasteiger partial charge in [0.1, 0.15) is 17.6 Å². The Labute approximate surface area is 146 Å². The van der Waals surface area contributed by atoms with Gasteiger partial charge in [0, 0.05) is 5.69 Å². The lowest BCUT2D eigenvalue weighted by Crippen LogP contribution is -2.25. The molecule has 0 aromatic heterocycles. The molecule has 0 spiro atoms. The molecular weight excluding hydrogens is 298 g/mol. The van der Waals surface area contributed by atoms with E-state index in [1.165, 1.54) is 5.56 Å². The van der Waals surface area contributed by atoms with E-state index in [0.717, 1.165) is 49.6 Å². The normalized spacial score (nSPS) is 11.8. The van der Waals surface area contributed by atoms with Gasteiger partial charge in [-0.15, -0.1) is 0 Å². The lowest BCUT2D eigenvalue weighted by molar-refractivity contribution is 0.210. The van der Waals surface area contributed by atoms with Crippen molar-refractivity contribution in [2.24, 2.45) is 0 Å². The molecule has 3 nitrogen and oxygen atoms in total. The van der Waals surface area contributed by atoms with Crippen molar-refractivity contribution in [3.8, 4) is 11.5 Å². The van der Waals surface area contributed by atoms with Crippen molar-refractivity contribution in [3.63, 3.8) is 0 Å². The molecular formula is C21H29NO2. The molecule has 1 atom stereocenters. The molecule has 0 saturated heterocycles. The molecule has 0 heterocycles. The molecule has 0 aliphatic rings. The Kier molecular flexibility index (Phi) is 7.47. The number of unbranched alkanes of at least 4 members (excludes halogenated alkanes) is 1. The summed E-state index contributed by atoms with van der Waals surface area (Å²) < 4.78 is 11.7. The zero-order valence-corrected chi connectivity index (χ0v) is 15.0. The van der Waals surface area contributed by atoms with Crippen LogP contribution in [0.15, 0.2) is 48.5 Å². The summed E-state index contributed by atoms with van der Waals surface area (Å²) in [4.78, 5) is 0. The monoisotopic (exact) mass is 327 g/mol. The van der Waals surface area contributed by atoms with E-state index in [0.29, 0.717) is 0 Å². The molecule has 3 heteroatoms. The van der Waals surface area contributed by atoms with Gasteiger partial charge in [0.05, 0.1) is 13.2 Å². The lowest BCUT2D eigenvalue weighted by Gasteiger charge is -2.19. The fourth-order valence-electron chi connectivity index (χ4n) is 2.31. The van der Waals surface area contributed by atoms with Gasteiger partial charge < -0.3 is 14.8 Å². The van der Waals surface area contributed by atoms with E-state index in [1.54, 1.807) is 0 Å². The number of ether oxygens (including phenoxy) is 2. The zero-order chi connectivity index (χ0) is 17.2. The van der Waals surface area contributed by atoms with Gasteiger partial charge in [0.2, 0.25) is 0 Å². The number of nitrogens with one attached hydrogen (secondary N) is 1. The summed E-state index contributed by atoms with van der Waals surface area (Å²) in [6.07, 6.45) is 3.35. The van der Waals surface area contributed by atoms with Crippen molar-refractivity contribution in [2.45, 2.75) is 46.1 Å². The summed E-state index contributed by atoms with van der Waals surface area (Å²) in [5, 5.41) is 3.44. The summed E-state index contributed by atoms with van der Waals surface area (Å²) in [6.45, 7) is 7.95. The molecule has 1 unspecified atom stereocenters. The van der Waals surface area contributed by atoms with E-state index in [9.17, 15) is 0 Å². The van der Waals surface area contributed by atoms with Crippen molar-refractivity contribution in [1.29, 1.82) is 0 Å². The third-order valence-corrected chi connectivity index (χ3v) is 3.93. The summed E-state index contributed by atoms with van der Waals surface area (Å²) in [7, 11) is 0. The van der Waals surface area contributed by atoms with E-state index >= 15 is 0 Å². The highest BCUT2D eigenvalue weighted by molar-refractivity contribution is 5.46. The molecule has 0 aliphatic carbocycles. The SMILES string of the molecule is CCCCOc1ccc(NCC(CC)Oc2ccc(C)cc2)cc1. The summed E-state index contributed by atoms with van der Waals surface area (Å²) in [5.74, 6) is 1.85. The van der Waals surface area contributed by atoms with Crippen LogP contribution >= 0.6 is 0 Å². The average Bonchev–Trinajstić information content (AvgIpc) is 2.61. The molecule has 0 amide bonds. The highest BCUT2D eigenvalue weighted by Gasteiger charge is 2.08. The van der Waals surface area contributed by atoms with E-state index in [4.69, 9.17) is 9.47 Å². The minimum absolute atomic E-state index is 0.146. The van der Waals surface area contributed by atoms with Crippen molar-refractivity contribution in [1.82, 2.24) is 0 Å². The third-order valence-electron chi connectivity index (χ3n) is 3.93. The average molecular weight is 327 g/mol. The number of rotatable bonds is 10. The number of hydrogen-bond donors (Lipinski definition) is 1. The van der Waals surface area contributed by atoms with Crippen LogP contribution < -0.4 is 14.8 Å². The molecule has 1 N–H and O–H groups in total. The maximum absolute atomic E-state index is 6.04. The van der Waals surface area contributed by atoms with Crippen LogP contribution in [0.25, 0.3) is 0 Å². The van der Waals surface area contributed by atoms with Crippen LogP contribution in [0, 0.1) is 6.92 Å². The maximum Gasteiger partial charge on any atom is 0.119 e. The highest BCUT2D eigenvalue weighted by Crippen LogP contribution is 2.18. The highest BCUT2D eigenvalue weighted by atomic mass is 16.5. The number of hydrogen-bond acceptors (Lipinski definition) is 3. The lowest BCUT2D eigenvalue weighted by atomic mass is 10.2. The van der Waals surface area contributed by atoms with Crippen molar-refractivity contribution in [3.05, 3.63) is 54.1 Å². The van der Waals surface area contributed by atoms with Crippen LogP contribution in [0.1, 0.15) is 38.7 Å². The van der Waals surface area contributed by atoms with Crippen LogP contribution in [0.4, 0.5) is 5.69 Å². The Morgan fingerprint density at radius 2 is 1.58 bits per heavy atom. The van der Waals surface area contributed by atoms with E-state index in [-0.39, 0.29) is 6.10 Å². The molecule has 2 aromatic carbocycles. The first kappa shape index (κ1) is 18.2. The Hall–Kier alpha value is -2.16. The van der Waals surface area contributed by atoms with Crippen molar-refractivity contribution >= 4 is 5.69 Å². The largest absolute Gasteiger partial charge is 0.494 e. The fraction of sp³-hybridized carbons (Fsp3) is 0.429. The molecule has 0 radical (unpaired) electrons. The van der Waals surface area contributed by atoms with E-state index in [1.807, 2.05) is 24.3 Å². The second-order valence-electron chi connectivity index (χ2n) is 6.07. The Bertz CT molecular complexity index is 578. The van der Waals surface area contributed by atoms with Gasteiger partial charge in [-0.1, -0.05) is 38.0 Å². The number of aryl methyl sites for hydroxylation is 1. The standard InChI is InChI=1S/C21H29NO2/c1-4-6-15-23-20-13-9-18(10-14-20)22-16-19(5-2)24-21-11-7-17(3)8-12-21/h7-14,19,22H,4-6,15-16H2,1-3H3. The third kappa shape index (κ3) is 6.15. The number of benzene rings is 2. The van der Waals surface area contributed by atoms with Crippen LogP contribution in [0.2, 0.25) is 0 Å². The second kappa shape index (κ2) is 9.86. The van der Waals surface area contributed by atoms with E-state index < -0.39 is 0 Å². The summed E-state index contributed by atoms with van der Waals surface area (Å²) in [5.41, 5.74) is 2.33. The van der Waals surface area contributed by atoms with Gasteiger partial charge in [-0.05, 0) is 56.2 Å². The molecule has 0 bridgehead atoms. The second-order valence-corrected chi connectivity index (χ2v) is 6.07. The predicted molar refractivity (Wildman–Crippen MR) is 101 cm³/mol. The Morgan fingerprint density at radius 1 is 0.917 bits per heavy atom. The fourth-order valence-corrected chi connectivity index (χ4v) is 2.31. The van der Waals surface area contributed by atoms with Gasteiger partial charge in [-0.2, -0.15) is 0 Å². The molecule has 0 aliphatic heterocycles. The molecule has 24 heavy (non-hydrogen) atoms. The molecule has 2 aromatic rings. The maximum atomic E-state index is 6.04. The summed E-state index contributed by atoms with van der Waals surface area (Å²) >= 11 is 0. The summed E-state index contributed by atoms with van der Waals surface area (Å²) in [6, 6.07) is 16.3. The van der Waals surface area contributed by atoms with E-state index in [2.05, 4.69) is 50.4 Å². The van der Waals surface area contributed by atoms with Crippen LogP contribution in [-0.4, -0.2) is 19.3 Å². The first-order valence-corrected chi connectivity index (χ1v) is 8.91. The Morgan fingerprint density at radius 3 is 2.21 bits per heavy atom. The van der Waals surface area contributed by atoms with Crippen LogP contribution in [0.3, 0.4) is 0 Å². The topological polar surface area (TPSA) is 30.5 Å². The zero-order valence-electron chi connectivity index (χ0n) is 15.0. The van der Waals surface area contributed by atoms with Gasteiger partial charge in [-0.3, -0.25) is 0 Å². The van der Waals surface area contributed by atoms with Gasteiger partial charge in [0.15, 0.2) is 0 Å². The van der Waals surface area contributed by atoms with Gasteiger partial charge in [-0.25, -0.2) is 0 Å². The van der Waals surface area contributed by atoms with Gasteiger partial charge >= 0.3 is 0 Å². The minimum atomic E-state index is 0.146. The molecule has 2 rings (SSSR count). The molecule has 0 fully saturated rings. The first-order valence-electron chi connectivity index (χ1n) is 8.91. The quantitative estimate of drug-likeness (QED) is 0.589. The molecule has 0 saturated carbocycles.